The average molecular weight is 501 g/mol. The predicted octanol–water partition coefficient (Wildman–Crippen LogP) is 5.69. The maximum atomic E-state index is 14.3. The lowest BCUT2D eigenvalue weighted by atomic mass is 10.1. The lowest BCUT2D eigenvalue weighted by Gasteiger charge is -2.41. The Labute approximate surface area is 209 Å². The van der Waals surface area contributed by atoms with Crippen LogP contribution in [-0.2, 0) is 0 Å². The summed E-state index contributed by atoms with van der Waals surface area (Å²) in [6.07, 6.45) is 3.99. The molecule has 5 rings (SSSR count). The number of hydrogen-bond acceptors (Lipinski definition) is 6. The van der Waals surface area contributed by atoms with Gasteiger partial charge in [0.05, 0.1) is 15.7 Å². The third kappa shape index (κ3) is 4.51. The third-order valence-electron chi connectivity index (χ3n) is 6.69. The standard InChI is InChI=1S/C25H27Cl2FN6/c1-16-5-4-10-34(16)25-30-22(18-7-8-19(26)21(28)13-18)14-23(31-25)33-12-11-32(15-17(33)2)24-20(27)6-3-9-29-24/h3,6-9,13-14,16-17H,4-5,10-12,15H2,1-2H3/t16-,17+/m1/s1. The van der Waals surface area contributed by atoms with Gasteiger partial charge in [0, 0.05) is 56.1 Å². The molecule has 0 spiro atoms. The first-order valence-electron chi connectivity index (χ1n) is 11.6. The summed E-state index contributed by atoms with van der Waals surface area (Å²) in [5.74, 6) is 1.89. The summed E-state index contributed by atoms with van der Waals surface area (Å²) in [5.41, 5.74) is 1.38. The Balaban J connectivity index is 1.49. The van der Waals surface area contributed by atoms with Gasteiger partial charge in [0.25, 0.3) is 0 Å². The molecule has 0 aliphatic carbocycles. The summed E-state index contributed by atoms with van der Waals surface area (Å²) in [6.45, 7) is 7.58. The van der Waals surface area contributed by atoms with Crippen LogP contribution in [0.25, 0.3) is 11.3 Å². The van der Waals surface area contributed by atoms with Crippen LogP contribution in [-0.4, -0.2) is 53.2 Å². The minimum atomic E-state index is -0.454. The molecule has 2 fully saturated rings. The average Bonchev–Trinajstić information content (AvgIpc) is 3.26. The van der Waals surface area contributed by atoms with Gasteiger partial charge in [-0.25, -0.2) is 14.4 Å². The quantitative estimate of drug-likeness (QED) is 0.458. The van der Waals surface area contributed by atoms with Crippen LogP contribution >= 0.6 is 23.2 Å². The molecule has 9 heteroatoms. The molecule has 0 N–H and O–H groups in total. The van der Waals surface area contributed by atoms with E-state index < -0.39 is 5.82 Å². The van der Waals surface area contributed by atoms with Crippen molar-refractivity contribution in [1.29, 1.82) is 0 Å². The summed E-state index contributed by atoms with van der Waals surface area (Å²) in [6, 6.07) is 11.0. The van der Waals surface area contributed by atoms with Gasteiger partial charge < -0.3 is 14.7 Å². The fourth-order valence-electron chi connectivity index (χ4n) is 4.83. The highest BCUT2D eigenvalue weighted by Gasteiger charge is 2.29. The van der Waals surface area contributed by atoms with Crippen LogP contribution in [0.1, 0.15) is 26.7 Å². The van der Waals surface area contributed by atoms with Crippen molar-refractivity contribution in [2.45, 2.75) is 38.8 Å². The molecule has 2 saturated heterocycles. The van der Waals surface area contributed by atoms with Gasteiger partial charge in [0.2, 0.25) is 5.95 Å². The number of halogens is 3. The van der Waals surface area contributed by atoms with Gasteiger partial charge in [-0.3, -0.25) is 0 Å². The largest absolute Gasteiger partial charge is 0.352 e. The Kier molecular flexibility index (Phi) is 6.49. The Morgan fingerprint density at radius 2 is 1.79 bits per heavy atom. The SMILES string of the molecule is C[C@@H]1CCCN1c1nc(-c2ccc(Cl)c(F)c2)cc(N2CCN(c3ncccc3Cl)C[C@@H]2C)n1. The maximum Gasteiger partial charge on any atom is 0.228 e. The van der Waals surface area contributed by atoms with Crippen molar-refractivity contribution >= 4 is 40.8 Å². The molecule has 6 nitrogen and oxygen atoms in total. The number of aromatic nitrogens is 3. The van der Waals surface area contributed by atoms with Gasteiger partial charge in [-0.05, 0) is 51.0 Å². The van der Waals surface area contributed by atoms with Gasteiger partial charge in [-0.1, -0.05) is 29.3 Å². The van der Waals surface area contributed by atoms with Crippen LogP contribution in [0.3, 0.4) is 0 Å². The maximum absolute atomic E-state index is 14.3. The summed E-state index contributed by atoms with van der Waals surface area (Å²) >= 11 is 12.3. The molecule has 1 aromatic carbocycles. The van der Waals surface area contributed by atoms with Crippen LogP contribution in [0.2, 0.25) is 10.0 Å². The second-order valence-corrected chi connectivity index (χ2v) is 9.84. The molecule has 0 radical (unpaired) electrons. The van der Waals surface area contributed by atoms with E-state index in [1.807, 2.05) is 18.2 Å². The van der Waals surface area contributed by atoms with Gasteiger partial charge in [-0.2, -0.15) is 4.98 Å². The molecule has 3 aromatic rings. The topological polar surface area (TPSA) is 48.4 Å². The number of rotatable bonds is 4. The first kappa shape index (κ1) is 23.1. The van der Waals surface area contributed by atoms with Crippen molar-refractivity contribution in [3.8, 4) is 11.3 Å². The van der Waals surface area contributed by atoms with Crippen molar-refractivity contribution in [2.24, 2.45) is 0 Å². The van der Waals surface area contributed by atoms with Crippen LogP contribution in [0.4, 0.5) is 22.0 Å². The lowest BCUT2D eigenvalue weighted by Crippen LogP contribution is -2.52. The zero-order valence-corrected chi connectivity index (χ0v) is 20.8. The number of nitrogens with zero attached hydrogens (tertiary/aromatic N) is 6. The Bertz CT molecular complexity index is 1190. The van der Waals surface area contributed by atoms with Crippen LogP contribution < -0.4 is 14.7 Å². The highest BCUT2D eigenvalue weighted by Crippen LogP contribution is 2.32. The molecular formula is C25H27Cl2FN6. The smallest absolute Gasteiger partial charge is 0.228 e. The minimum absolute atomic E-state index is 0.101. The Morgan fingerprint density at radius 3 is 2.50 bits per heavy atom. The highest BCUT2D eigenvalue weighted by molar-refractivity contribution is 6.33. The van der Waals surface area contributed by atoms with E-state index in [1.165, 1.54) is 6.07 Å². The third-order valence-corrected chi connectivity index (χ3v) is 7.29. The molecule has 2 atom stereocenters. The molecule has 0 unspecified atom stereocenters. The summed E-state index contributed by atoms with van der Waals surface area (Å²) in [5, 5.41) is 0.756. The van der Waals surface area contributed by atoms with E-state index in [-0.39, 0.29) is 11.1 Å². The van der Waals surface area contributed by atoms with Crippen LogP contribution in [0, 0.1) is 5.82 Å². The van der Waals surface area contributed by atoms with E-state index >= 15 is 0 Å². The molecule has 178 valence electrons. The van der Waals surface area contributed by atoms with Crippen LogP contribution in [0.15, 0.2) is 42.6 Å². The van der Waals surface area contributed by atoms with Crippen molar-refractivity contribution in [3.63, 3.8) is 0 Å². The van der Waals surface area contributed by atoms with E-state index in [9.17, 15) is 4.39 Å². The monoisotopic (exact) mass is 500 g/mol. The highest BCUT2D eigenvalue weighted by atomic mass is 35.5. The molecule has 0 bridgehead atoms. The van der Waals surface area contributed by atoms with Gasteiger partial charge >= 0.3 is 0 Å². The van der Waals surface area contributed by atoms with E-state index in [0.29, 0.717) is 28.3 Å². The molecular weight excluding hydrogens is 474 g/mol. The van der Waals surface area contributed by atoms with Crippen molar-refractivity contribution in [1.82, 2.24) is 15.0 Å². The second kappa shape index (κ2) is 9.55. The minimum Gasteiger partial charge on any atom is -0.352 e. The second-order valence-electron chi connectivity index (χ2n) is 9.02. The normalized spacial score (nSPS) is 20.8. The summed E-state index contributed by atoms with van der Waals surface area (Å²) < 4.78 is 14.3. The van der Waals surface area contributed by atoms with Crippen molar-refractivity contribution in [3.05, 3.63) is 58.5 Å². The fourth-order valence-corrected chi connectivity index (χ4v) is 5.19. The zero-order chi connectivity index (χ0) is 23.8. The first-order valence-corrected chi connectivity index (χ1v) is 12.4. The molecule has 0 amide bonds. The molecule has 4 heterocycles. The number of pyridine rings is 1. The number of hydrogen-bond donors (Lipinski definition) is 0. The number of anilines is 3. The van der Waals surface area contributed by atoms with Gasteiger partial charge in [-0.15, -0.1) is 0 Å². The summed E-state index contributed by atoms with van der Waals surface area (Å²) in [7, 11) is 0. The molecule has 0 saturated carbocycles. The fraction of sp³-hybridized carbons (Fsp3) is 0.400. The Hall–Kier alpha value is -2.64. The van der Waals surface area contributed by atoms with Gasteiger partial charge in [0.1, 0.15) is 17.5 Å². The van der Waals surface area contributed by atoms with Crippen LogP contribution in [0.5, 0.6) is 0 Å². The Morgan fingerprint density at radius 1 is 0.941 bits per heavy atom. The lowest BCUT2D eigenvalue weighted by molar-refractivity contribution is 0.542. The van der Waals surface area contributed by atoms with E-state index in [4.69, 9.17) is 33.2 Å². The first-order chi connectivity index (χ1) is 16.4. The van der Waals surface area contributed by atoms with E-state index in [1.54, 1.807) is 18.3 Å². The van der Waals surface area contributed by atoms with Crippen molar-refractivity contribution in [2.75, 3.05) is 40.9 Å². The summed E-state index contributed by atoms with van der Waals surface area (Å²) in [4.78, 5) is 21.0. The molecule has 34 heavy (non-hydrogen) atoms. The van der Waals surface area contributed by atoms with Gasteiger partial charge in [0.15, 0.2) is 0 Å². The predicted molar refractivity (Wildman–Crippen MR) is 137 cm³/mol. The molecule has 2 aromatic heterocycles. The van der Waals surface area contributed by atoms with E-state index in [0.717, 1.165) is 50.7 Å². The van der Waals surface area contributed by atoms with E-state index in [2.05, 4.69) is 33.5 Å². The van der Waals surface area contributed by atoms with Crippen molar-refractivity contribution < 1.29 is 4.39 Å². The molecule has 2 aliphatic rings. The molecule has 2 aliphatic heterocycles. The number of piperazine rings is 1. The zero-order valence-electron chi connectivity index (χ0n) is 19.3. The number of benzene rings is 1.